The SMILES string of the molecule is CCCC(=O)N1CCN(c2ccc(NC(=O)COc3ccc(C)cc3C)cc2Cl)CC1. The summed E-state index contributed by atoms with van der Waals surface area (Å²) in [6.07, 6.45) is 1.47. The van der Waals surface area contributed by atoms with Gasteiger partial charge in [0.2, 0.25) is 5.91 Å². The van der Waals surface area contributed by atoms with Crippen molar-refractivity contribution in [3.63, 3.8) is 0 Å². The van der Waals surface area contributed by atoms with E-state index in [9.17, 15) is 9.59 Å². The number of benzene rings is 2. The average Bonchev–Trinajstić information content (AvgIpc) is 2.73. The van der Waals surface area contributed by atoms with Crippen LogP contribution in [0.25, 0.3) is 0 Å². The molecule has 1 heterocycles. The highest BCUT2D eigenvalue weighted by Gasteiger charge is 2.22. The van der Waals surface area contributed by atoms with E-state index in [1.807, 2.05) is 56.0 Å². The molecule has 0 atom stereocenters. The second kappa shape index (κ2) is 10.5. The van der Waals surface area contributed by atoms with E-state index in [1.54, 1.807) is 6.07 Å². The maximum absolute atomic E-state index is 12.3. The highest BCUT2D eigenvalue weighted by molar-refractivity contribution is 6.33. The zero-order valence-corrected chi connectivity index (χ0v) is 19.2. The number of amides is 2. The number of ether oxygens (including phenoxy) is 1. The van der Waals surface area contributed by atoms with E-state index in [1.165, 1.54) is 0 Å². The molecule has 0 aromatic heterocycles. The van der Waals surface area contributed by atoms with E-state index >= 15 is 0 Å². The van der Waals surface area contributed by atoms with Crippen molar-refractivity contribution in [2.75, 3.05) is 43.0 Å². The van der Waals surface area contributed by atoms with Crippen LogP contribution in [0.3, 0.4) is 0 Å². The molecule has 6 nitrogen and oxygen atoms in total. The molecular weight excluding hydrogens is 414 g/mol. The fraction of sp³-hybridized carbons (Fsp3) is 0.417. The minimum atomic E-state index is -0.244. The molecule has 166 valence electrons. The molecule has 0 saturated carbocycles. The lowest BCUT2D eigenvalue weighted by atomic mass is 10.1. The maximum atomic E-state index is 12.3. The highest BCUT2D eigenvalue weighted by Crippen LogP contribution is 2.30. The molecule has 1 saturated heterocycles. The Morgan fingerprint density at radius 3 is 2.45 bits per heavy atom. The van der Waals surface area contributed by atoms with Crippen molar-refractivity contribution in [2.45, 2.75) is 33.6 Å². The zero-order chi connectivity index (χ0) is 22.4. The first-order valence-electron chi connectivity index (χ1n) is 10.7. The molecule has 0 radical (unpaired) electrons. The molecule has 31 heavy (non-hydrogen) atoms. The molecule has 0 spiro atoms. The van der Waals surface area contributed by atoms with Crippen LogP contribution in [0.15, 0.2) is 36.4 Å². The summed E-state index contributed by atoms with van der Waals surface area (Å²) in [5, 5.41) is 3.40. The molecule has 1 aliphatic heterocycles. The summed E-state index contributed by atoms with van der Waals surface area (Å²) in [7, 11) is 0. The maximum Gasteiger partial charge on any atom is 0.262 e. The quantitative estimate of drug-likeness (QED) is 0.687. The van der Waals surface area contributed by atoms with E-state index in [0.29, 0.717) is 36.0 Å². The molecule has 7 heteroatoms. The summed E-state index contributed by atoms with van der Waals surface area (Å²) in [6, 6.07) is 11.3. The number of carbonyl (C=O) groups excluding carboxylic acids is 2. The largest absolute Gasteiger partial charge is 0.483 e. The molecular formula is C24H30ClN3O3. The molecule has 2 amide bonds. The van der Waals surface area contributed by atoms with Gasteiger partial charge >= 0.3 is 0 Å². The normalized spacial score (nSPS) is 13.8. The van der Waals surface area contributed by atoms with Crippen molar-refractivity contribution in [2.24, 2.45) is 0 Å². The number of nitrogens with zero attached hydrogens (tertiary/aromatic N) is 2. The van der Waals surface area contributed by atoms with Gasteiger partial charge in [-0.1, -0.05) is 36.2 Å². The molecule has 1 N–H and O–H groups in total. The Kier molecular flexibility index (Phi) is 7.80. The summed E-state index contributed by atoms with van der Waals surface area (Å²) in [6.45, 7) is 8.80. The summed E-state index contributed by atoms with van der Waals surface area (Å²) in [5.41, 5.74) is 3.68. The van der Waals surface area contributed by atoms with Gasteiger partial charge in [-0.15, -0.1) is 0 Å². The molecule has 0 bridgehead atoms. The Labute approximate surface area is 189 Å². The van der Waals surface area contributed by atoms with Crippen LogP contribution >= 0.6 is 11.6 Å². The van der Waals surface area contributed by atoms with Crippen LogP contribution in [0.5, 0.6) is 5.75 Å². The number of anilines is 2. The van der Waals surface area contributed by atoms with Crippen LogP contribution in [0.1, 0.15) is 30.9 Å². The first-order valence-corrected chi connectivity index (χ1v) is 11.1. The van der Waals surface area contributed by atoms with Gasteiger partial charge in [-0.2, -0.15) is 0 Å². The Morgan fingerprint density at radius 1 is 1.06 bits per heavy atom. The third-order valence-corrected chi connectivity index (χ3v) is 5.66. The number of nitrogens with one attached hydrogen (secondary N) is 1. The van der Waals surface area contributed by atoms with Crippen molar-refractivity contribution in [3.05, 3.63) is 52.5 Å². The van der Waals surface area contributed by atoms with Crippen LogP contribution in [-0.4, -0.2) is 49.5 Å². The number of halogens is 1. The highest BCUT2D eigenvalue weighted by atomic mass is 35.5. The summed E-state index contributed by atoms with van der Waals surface area (Å²) < 4.78 is 5.64. The molecule has 3 rings (SSSR count). The van der Waals surface area contributed by atoms with Gasteiger partial charge < -0.3 is 19.9 Å². The number of aryl methyl sites for hydroxylation is 2. The third-order valence-electron chi connectivity index (χ3n) is 5.36. The topological polar surface area (TPSA) is 61.9 Å². The second-order valence-corrected chi connectivity index (χ2v) is 8.30. The van der Waals surface area contributed by atoms with Crippen LogP contribution in [0, 0.1) is 13.8 Å². The summed E-state index contributed by atoms with van der Waals surface area (Å²) in [4.78, 5) is 28.4. The molecule has 1 fully saturated rings. The van der Waals surface area contributed by atoms with Crippen LogP contribution in [-0.2, 0) is 9.59 Å². The smallest absolute Gasteiger partial charge is 0.262 e. The van der Waals surface area contributed by atoms with Gasteiger partial charge in [-0.25, -0.2) is 0 Å². The van der Waals surface area contributed by atoms with Gasteiger partial charge in [0.05, 0.1) is 10.7 Å². The number of hydrogen-bond acceptors (Lipinski definition) is 4. The minimum Gasteiger partial charge on any atom is -0.483 e. The van der Waals surface area contributed by atoms with Gasteiger partial charge in [0.1, 0.15) is 5.75 Å². The minimum absolute atomic E-state index is 0.0724. The summed E-state index contributed by atoms with van der Waals surface area (Å²) >= 11 is 6.50. The van der Waals surface area contributed by atoms with Crippen LogP contribution in [0.4, 0.5) is 11.4 Å². The Balaban J connectivity index is 1.53. The molecule has 2 aromatic carbocycles. The average molecular weight is 444 g/mol. The van der Waals surface area contributed by atoms with Crippen LogP contribution < -0.4 is 15.0 Å². The first-order chi connectivity index (χ1) is 14.9. The van der Waals surface area contributed by atoms with Gasteiger partial charge in [-0.05, 0) is 50.1 Å². The van der Waals surface area contributed by atoms with E-state index < -0.39 is 0 Å². The molecule has 2 aromatic rings. The second-order valence-electron chi connectivity index (χ2n) is 7.89. The standard InChI is InChI=1S/C24H30ClN3O3/c1-4-5-24(30)28-12-10-27(11-13-28)21-8-7-19(15-20(21)25)26-23(29)16-31-22-9-6-17(2)14-18(22)3/h6-9,14-15H,4-5,10-13,16H2,1-3H3,(H,26,29). The van der Waals surface area contributed by atoms with E-state index in [0.717, 1.165) is 36.3 Å². The van der Waals surface area contributed by atoms with Gasteiger partial charge in [0.15, 0.2) is 6.61 Å². The van der Waals surface area contributed by atoms with E-state index in [4.69, 9.17) is 16.3 Å². The number of rotatable bonds is 7. The van der Waals surface area contributed by atoms with Crippen molar-refractivity contribution < 1.29 is 14.3 Å². The van der Waals surface area contributed by atoms with Crippen molar-refractivity contribution in [1.82, 2.24) is 4.90 Å². The zero-order valence-electron chi connectivity index (χ0n) is 18.4. The fourth-order valence-electron chi connectivity index (χ4n) is 3.71. The van der Waals surface area contributed by atoms with E-state index in [2.05, 4.69) is 10.2 Å². The molecule has 0 aliphatic carbocycles. The molecule has 1 aliphatic rings. The van der Waals surface area contributed by atoms with Gasteiger partial charge in [-0.3, -0.25) is 9.59 Å². The van der Waals surface area contributed by atoms with Crippen molar-refractivity contribution in [1.29, 1.82) is 0 Å². The lowest BCUT2D eigenvalue weighted by Gasteiger charge is -2.36. The molecule has 0 unspecified atom stereocenters. The lowest BCUT2D eigenvalue weighted by molar-refractivity contribution is -0.131. The van der Waals surface area contributed by atoms with Crippen molar-refractivity contribution >= 4 is 34.8 Å². The number of piperazine rings is 1. The Hall–Kier alpha value is -2.73. The number of hydrogen-bond donors (Lipinski definition) is 1. The first kappa shape index (κ1) is 22.9. The summed E-state index contributed by atoms with van der Waals surface area (Å²) in [5.74, 6) is 0.673. The number of carbonyl (C=O) groups is 2. The van der Waals surface area contributed by atoms with Gasteiger partial charge in [0.25, 0.3) is 5.91 Å². The predicted octanol–water partition coefficient (Wildman–Crippen LogP) is 4.42. The van der Waals surface area contributed by atoms with E-state index in [-0.39, 0.29) is 18.4 Å². The fourth-order valence-corrected chi connectivity index (χ4v) is 4.01. The van der Waals surface area contributed by atoms with Gasteiger partial charge in [0, 0.05) is 38.3 Å². The third kappa shape index (κ3) is 6.14. The monoisotopic (exact) mass is 443 g/mol. The van der Waals surface area contributed by atoms with Crippen LogP contribution in [0.2, 0.25) is 5.02 Å². The van der Waals surface area contributed by atoms with Crippen molar-refractivity contribution in [3.8, 4) is 5.75 Å². The Bertz CT molecular complexity index is 940. The predicted molar refractivity (Wildman–Crippen MR) is 125 cm³/mol. The Morgan fingerprint density at radius 2 is 1.81 bits per heavy atom. The lowest BCUT2D eigenvalue weighted by Crippen LogP contribution is -2.48.